The van der Waals surface area contributed by atoms with Gasteiger partial charge in [0.2, 0.25) is 0 Å². The highest BCUT2D eigenvalue weighted by molar-refractivity contribution is 5.97. The number of hydrogen-bond donors (Lipinski definition) is 1. The van der Waals surface area contributed by atoms with Crippen LogP contribution < -0.4 is 5.32 Å². The van der Waals surface area contributed by atoms with Crippen molar-refractivity contribution >= 4 is 5.91 Å². The molecule has 6 heteroatoms. The van der Waals surface area contributed by atoms with Gasteiger partial charge in [-0.1, -0.05) is 0 Å². The Bertz CT molecular complexity index is 775. The predicted molar refractivity (Wildman–Crippen MR) is 80.9 cm³/mol. The Morgan fingerprint density at radius 3 is 2.55 bits per heavy atom. The summed E-state index contributed by atoms with van der Waals surface area (Å²) in [7, 11) is 0. The van der Waals surface area contributed by atoms with Gasteiger partial charge in [-0.05, 0) is 43.3 Å². The maximum atomic E-state index is 13.1. The Labute approximate surface area is 127 Å². The fourth-order valence-corrected chi connectivity index (χ4v) is 2.25. The second-order valence-electron chi connectivity index (χ2n) is 4.72. The molecule has 3 aromatic rings. The highest BCUT2D eigenvalue weighted by Gasteiger charge is 2.19. The summed E-state index contributed by atoms with van der Waals surface area (Å²) >= 11 is 0. The standard InChI is InChI=1S/C16H15FN4O/c1-2-18-15(22)14-11-19-21(13-7-5-12(17)6-8-13)16(14)20-9-3-4-10-20/h3-11H,2H2,1H3,(H,18,22). The third kappa shape index (κ3) is 2.50. The maximum absolute atomic E-state index is 13.1. The highest BCUT2D eigenvalue weighted by Crippen LogP contribution is 2.20. The summed E-state index contributed by atoms with van der Waals surface area (Å²) in [5.74, 6) is 0.101. The molecule has 0 saturated carbocycles. The van der Waals surface area contributed by atoms with Crippen LogP contribution in [0.3, 0.4) is 0 Å². The number of aromatic nitrogens is 3. The van der Waals surface area contributed by atoms with Crippen molar-refractivity contribution in [2.24, 2.45) is 0 Å². The molecule has 1 N–H and O–H groups in total. The van der Waals surface area contributed by atoms with Crippen LogP contribution in [0.4, 0.5) is 4.39 Å². The molecule has 112 valence electrons. The van der Waals surface area contributed by atoms with Crippen LogP contribution in [0.5, 0.6) is 0 Å². The van der Waals surface area contributed by atoms with E-state index >= 15 is 0 Å². The van der Waals surface area contributed by atoms with Gasteiger partial charge in [-0.3, -0.25) is 4.79 Å². The van der Waals surface area contributed by atoms with Crippen LogP contribution in [-0.4, -0.2) is 26.8 Å². The Balaban J connectivity index is 2.15. The van der Waals surface area contributed by atoms with E-state index in [9.17, 15) is 9.18 Å². The van der Waals surface area contributed by atoms with Crippen molar-refractivity contribution in [3.63, 3.8) is 0 Å². The van der Waals surface area contributed by atoms with Crippen LogP contribution in [0, 0.1) is 5.82 Å². The molecule has 0 fully saturated rings. The summed E-state index contributed by atoms with van der Waals surface area (Å²) in [5.41, 5.74) is 1.14. The van der Waals surface area contributed by atoms with Gasteiger partial charge < -0.3 is 9.88 Å². The van der Waals surface area contributed by atoms with E-state index in [1.165, 1.54) is 18.3 Å². The van der Waals surface area contributed by atoms with Crippen molar-refractivity contribution in [1.82, 2.24) is 19.7 Å². The molecule has 1 amide bonds. The van der Waals surface area contributed by atoms with Gasteiger partial charge in [0, 0.05) is 18.9 Å². The van der Waals surface area contributed by atoms with Crippen LogP contribution in [0.2, 0.25) is 0 Å². The third-order valence-corrected chi connectivity index (χ3v) is 3.25. The molecule has 0 aliphatic heterocycles. The molecule has 22 heavy (non-hydrogen) atoms. The first-order chi connectivity index (χ1) is 10.7. The summed E-state index contributed by atoms with van der Waals surface area (Å²) in [6.07, 6.45) is 5.18. The number of halogens is 1. The lowest BCUT2D eigenvalue weighted by Gasteiger charge is -2.10. The lowest BCUT2D eigenvalue weighted by molar-refractivity contribution is 0.0956. The van der Waals surface area contributed by atoms with Crippen molar-refractivity contribution in [3.05, 3.63) is 66.4 Å². The molecule has 0 spiro atoms. The lowest BCUT2D eigenvalue weighted by Crippen LogP contribution is -2.23. The quantitative estimate of drug-likeness (QED) is 0.805. The van der Waals surface area contributed by atoms with Gasteiger partial charge in [0.15, 0.2) is 5.82 Å². The van der Waals surface area contributed by atoms with E-state index in [0.29, 0.717) is 23.6 Å². The predicted octanol–water partition coefficient (Wildman–Crippen LogP) is 2.55. The molecule has 0 unspecified atom stereocenters. The fraction of sp³-hybridized carbons (Fsp3) is 0.125. The number of amides is 1. The minimum absolute atomic E-state index is 0.195. The number of rotatable bonds is 4. The van der Waals surface area contributed by atoms with Crippen LogP contribution >= 0.6 is 0 Å². The van der Waals surface area contributed by atoms with Crippen LogP contribution in [0.1, 0.15) is 17.3 Å². The Morgan fingerprint density at radius 2 is 1.91 bits per heavy atom. The summed E-state index contributed by atoms with van der Waals surface area (Å²) < 4.78 is 16.5. The van der Waals surface area contributed by atoms with Crippen molar-refractivity contribution in [3.8, 4) is 11.5 Å². The van der Waals surface area contributed by atoms with E-state index < -0.39 is 0 Å². The van der Waals surface area contributed by atoms with Gasteiger partial charge in [0.1, 0.15) is 11.4 Å². The molecule has 0 radical (unpaired) electrons. The number of benzene rings is 1. The number of hydrogen-bond acceptors (Lipinski definition) is 2. The smallest absolute Gasteiger partial charge is 0.256 e. The molecule has 0 bridgehead atoms. The zero-order chi connectivity index (χ0) is 15.5. The summed E-state index contributed by atoms with van der Waals surface area (Å²) in [6, 6.07) is 9.70. The van der Waals surface area contributed by atoms with E-state index in [1.54, 1.807) is 21.4 Å². The topological polar surface area (TPSA) is 51.9 Å². The Kier molecular flexibility index (Phi) is 3.74. The average molecular weight is 298 g/mol. The number of carbonyl (C=O) groups excluding carboxylic acids is 1. The molecule has 0 aliphatic carbocycles. The van der Waals surface area contributed by atoms with Crippen molar-refractivity contribution in [2.45, 2.75) is 6.92 Å². The van der Waals surface area contributed by atoms with Gasteiger partial charge in [-0.25, -0.2) is 9.07 Å². The summed E-state index contributed by atoms with van der Waals surface area (Å²) in [4.78, 5) is 12.2. The average Bonchev–Trinajstić information content (AvgIpc) is 3.17. The van der Waals surface area contributed by atoms with Gasteiger partial charge in [0.05, 0.1) is 11.9 Å². The highest BCUT2D eigenvalue weighted by atomic mass is 19.1. The number of nitrogens with one attached hydrogen (secondary N) is 1. The molecular weight excluding hydrogens is 283 g/mol. The van der Waals surface area contributed by atoms with Gasteiger partial charge in [-0.2, -0.15) is 5.10 Å². The zero-order valence-electron chi connectivity index (χ0n) is 12.0. The molecule has 3 rings (SSSR count). The zero-order valence-corrected chi connectivity index (χ0v) is 12.0. The van der Waals surface area contributed by atoms with Crippen LogP contribution in [0.15, 0.2) is 55.0 Å². The molecular formula is C16H15FN4O. The number of nitrogens with zero attached hydrogens (tertiary/aromatic N) is 3. The minimum atomic E-state index is -0.317. The van der Waals surface area contributed by atoms with E-state index in [0.717, 1.165) is 0 Å². The molecule has 0 aliphatic rings. The van der Waals surface area contributed by atoms with Crippen LogP contribution in [0.25, 0.3) is 11.5 Å². The molecule has 2 heterocycles. The Hall–Kier alpha value is -2.89. The largest absolute Gasteiger partial charge is 0.352 e. The van der Waals surface area contributed by atoms with E-state index in [2.05, 4.69) is 10.4 Å². The third-order valence-electron chi connectivity index (χ3n) is 3.25. The first-order valence-corrected chi connectivity index (χ1v) is 6.96. The van der Waals surface area contributed by atoms with E-state index in [-0.39, 0.29) is 11.7 Å². The van der Waals surface area contributed by atoms with E-state index in [4.69, 9.17) is 0 Å². The lowest BCUT2D eigenvalue weighted by atomic mass is 10.2. The number of carbonyl (C=O) groups is 1. The van der Waals surface area contributed by atoms with Gasteiger partial charge in [-0.15, -0.1) is 0 Å². The normalized spacial score (nSPS) is 10.6. The summed E-state index contributed by atoms with van der Waals surface area (Å²) in [5, 5.41) is 7.06. The SMILES string of the molecule is CCNC(=O)c1cnn(-c2ccc(F)cc2)c1-n1cccc1. The second kappa shape index (κ2) is 5.85. The second-order valence-corrected chi connectivity index (χ2v) is 4.72. The molecule has 5 nitrogen and oxygen atoms in total. The molecule has 2 aromatic heterocycles. The fourth-order valence-electron chi connectivity index (χ4n) is 2.25. The first kappa shape index (κ1) is 14.1. The van der Waals surface area contributed by atoms with Gasteiger partial charge >= 0.3 is 0 Å². The monoisotopic (exact) mass is 298 g/mol. The van der Waals surface area contributed by atoms with Crippen molar-refractivity contribution < 1.29 is 9.18 Å². The summed E-state index contributed by atoms with van der Waals surface area (Å²) in [6.45, 7) is 2.39. The minimum Gasteiger partial charge on any atom is -0.352 e. The molecule has 1 aromatic carbocycles. The van der Waals surface area contributed by atoms with Crippen LogP contribution in [-0.2, 0) is 0 Å². The molecule has 0 atom stereocenters. The van der Waals surface area contributed by atoms with Crippen molar-refractivity contribution in [1.29, 1.82) is 0 Å². The van der Waals surface area contributed by atoms with Crippen molar-refractivity contribution in [2.75, 3.05) is 6.54 Å². The molecule has 0 saturated heterocycles. The van der Waals surface area contributed by atoms with Gasteiger partial charge in [0.25, 0.3) is 5.91 Å². The van der Waals surface area contributed by atoms with E-state index in [1.807, 2.05) is 31.5 Å². The first-order valence-electron chi connectivity index (χ1n) is 6.96. The maximum Gasteiger partial charge on any atom is 0.256 e. The Morgan fingerprint density at radius 1 is 1.23 bits per heavy atom.